The highest BCUT2D eigenvalue weighted by molar-refractivity contribution is 6.31. The van der Waals surface area contributed by atoms with Crippen molar-refractivity contribution < 1.29 is 24.2 Å². The summed E-state index contributed by atoms with van der Waals surface area (Å²) in [4.78, 5) is 23.3. The van der Waals surface area contributed by atoms with Crippen molar-refractivity contribution in [2.75, 3.05) is 25.6 Å². The van der Waals surface area contributed by atoms with Crippen molar-refractivity contribution in [2.45, 2.75) is 12.0 Å². The van der Waals surface area contributed by atoms with Crippen LogP contribution in [-0.4, -0.2) is 43.0 Å². The summed E-state index contributed by atoms with van der Waals surface area (Å²) in [6, 6.07) is 4.07. The molecule has 21 heavy (non-hydrogen) atoms. The molecular formula is C13H15ClN2O5. The minimum Gasteiger partial charge on any atom is -0.495 e. The Morgan fingerprint density at radius 1 is 1.48 bits per heavy atom. The smallest absolute Gasteiger partial charge is 0.332 e. The molecule has 1 unspecified atom stereocenters. The fraction of sp³-hybridized carbons (Fsp3) is 0.385. The summed E-state index contributed by atoms with van der Waals surface area (Å²) in [5.74, 6) is -0.713. The van der Waals surface area contributed by atoms with E-state index < -0.39 is 17.5 Å². The minimum absolute atomic E-state index is 0.0670. The molecule has 1 atom stereocenters. The Bertz CT molecular complexity index is 557. The van der Waals surface area contributed by atoms with Crippen LogP contribution in [0.4, 0.5) is 10.5 Å². The number of aliphatic carboxylic acids is 1. The van der Waals surface area contributed by atoms with Gasteiger partial charge >= 0.3 is 12.0 Å². The normalized spacial score (nSPS) is 20.9. The van der Waals surface area contributed by atoms with Gasteiger partial charge < -0.3 is 25.2 Å². The van der Waals surface area contributed by atoms with Gasteiger partial charge in [-0.2, -0.15) is 0 Å². The Balaban J connectivity index is 2.11. The molecule has 0 saturated carbocycles. The Morgan fingerprint density at radius 3 is 2.81 bits per heavy atom. The third-order valence-electron chi connectivity index (χ3n) is 3.19. The molecule has 2 amide bonds. The van der Waals surface area contributed by atoms with E-state index in [1.807, 2.05) is 0 Å². The third kappa shape index (κ3) is 3.37. The highest BCUT2D eigenvalue weighted by Gasteiger charge is 2.44. The molecule has 0 aliphatic carbocycles. The molecule has 8 heteroatoms. The molecule has 1 fully saturated rings. The first kappa shape index (κ1) is 15.4. The summed E-state index contributed by atoms with van der Waals surface area (Å²) in [5, 5.41) is 14.6. The summed E-state index contributed by atoms with van der Waals surface area (Å²) >= 11 is 5.86. The highest BCUT2D eigenvalue weighted by Crippen LogP contribution is 2.28. The van der Waals surface area contributed by atoms with Crippen LogP contribution in [0.5, 0.6) is 5.75 Å². The molecule has 0 radical (unpaired) electrons. The van der Waals surface area contributed by atoms with Crippen molar-refractivity contribution in [1.29, 1.82) is 0 Å². The summed E-state index contributed by atoms with van der Waals surface area (Å²) in [5.41, 5.74) is -1.06. The molecule has 1 heterocycles. The molecule has 7 nitrogen and oxygen atoms in total. The zero-order chi connectivity index (χ0) is 15.5. The lowest BCUT2D eigenvalue weighted by Gasteiger charge is -2.24. The fourth-order valence-corrected chi connectivity index (χ4v) is 2.21. The summed E-state index contributed by atoms with van der Waals surface area (Å²) in [6.45, 7) is 0.218. The molecule has 0 spiro atoms. The van der Waals surface area contributed by atoms with Gasteiger partial charge in [0.05, 0.1) is 19.4 Å². The van der Waals surface area contributed by atoms with Crippen molar-refractivity contribution >= 4 is 29.3 Å². The van der Waals surface area contributed by atoms with E-state index in [1.54, 1.807) is 12.1 Å². The van der Waals surface area contributed by atoms with Crippen LogP contribution >= 0.6 is 11.6 Å². The van der Waals surface area contributed by atoms with Gasteiger partial charge in [-0.25, -0.2) is 9.59 Å². The first-order valence-corrected chi connectivity index (χ1v) is 6.58. The zero-order valence-corrected chi connectivity index (χ0v) is 12.1. The molecule has 0 aromatic heterocycles. The van der Waals surface area contributed by atoms with Gasteiger partial charge in [-0.1, -0.05) is 11.6 Å². The third-order valence-corrected chi connectivity index (χ3v) is 3.43. The van der Waals surface area contributed by atoms with E-state index in [-0.39, 0.29) is 19.6 Å². The number of carbonyl (C=O) groups is 2. The second-order valence-electron chi connectivity index (χ2n) is 4.61. The van der Waals surface area contributed by atoms with Crippen LogP contribution in [0.25, 0.3) is 0 Å². The number of nitrogens with one attached hydrogen (secondary N) is 2. The number of anilines is 1. The highest BCUT2D eigenvalue weighted by atomic mass is 35.5. The number of amides is 2. The molecule has 1 saturated heterocycles. The first-order chi connectivity index (χ1) is 9.97. The average Bonchev–Trinajstić information content (AvgIpc) is 2.88. The molecule has 1 aliphatic rings. The number of urea groups is 1. The average molecular weight is 315 g/mol. The predicted octanol–water partition coefficient (Wildman–Crippen LogP) is 1.71. The van der Waals surface area contributed by atoms with Crippen molar-refractivity contribution in [3.63, 3.8) is 0 Å². The van der Waals surface area contributed by atoms with E-state index in [2.05, 4.69) is 10.6 Å². The van der Waals surface area contributed by atoms with Crippen molar-refractivity contribution in [2.24, 2.45) is 0 Å². The maximum Gasteiger partial charge on any atom is 0.332 e. The minimum atomic E-state index is -1.41. The maximum absolute atomic E-state index is 12.0. The van der Waals surface area contributed by atoms with E-state index in [0.717, 1.165) is 0 Å². The van der Waals surface area contributed by atoms with Crippen LogP contribution in [0.3, 0.4) is 0 Å². The van der Waals surface area contributed by atoms with Gasteiger partial charge in [0.2, 0.25) is 0 Å². The standard InChI is InChI=1S/C13H15ClN2O5/c1-20-10-3-2-8(14)6-9(10)15-12(19)16-13(11(17)18)4-5-21-7-13/h2-3,6H,4-5,7H2,1H3,(H,17,18)(H2,15,16,19). The Labute approximate surface area is 126 Å². The van der Waals surface area contributed by atoms with Crippen LogP contribution in [0, 0.1) is 0 Å². The van der Waals surface area contributed by atoms with Gasteiger partial charge in [0.25, 0.3) is 0 Å². The van der Waals surface area contributed by atoms with E-state index >= 15 is 0 Å². The van der Waals surface area contributed by atoms with Crippen LogP contribution in [0.1, 0.15) is 6.42 Å². The van der Waals surface area contributed by atoms with Gasteiger partial charge in [-0.15, -0.1) is 0 Å². The second-order valence-corrected chi connectivity index (χ2v) is 5.05. The van der Waals surface area contributed by atoms with Crippen molar-refractivity contribution in [3.8, 4) is 5.75 Å². The first-order valence-electron chi connectivity index (χ1n) is 6.21. The number of hydrogen-bond donors (Lipinski definition) is 3. The number of rotatable bonds is 4. The summed E-state index contributed by atoms with van der Waals surface area (Å²) in [7, 11) is 1.45. The van der Waals surface area contributed by atoms with Gasteiger partial charge in [-0.05, 0) is 18.2 Å². The van der Waals surface area contributed by atoms with Gasteiger partial charge in [0.15, 0.2) is 5.54 Å². The number of carboxylic acids is 1. The second kappa shape index (κ2) is 6.19. The molecule has 1 aromatic carbocycles. The fourth-order valence-electron chi connectivity index (χ4n) is 2.03. The van der Waals surface area contributed by atoms with E-state index in [4.69, 9.17) is 21.1 Å². The van der Waals surface area contributed by atoms with Gasteiger partial charge in [0, 0.05) is 18.1 Å². The van der Waals surface area contributed by atoms with Crippen LogP contribution < -0.4 is 15.4 Å². The van der Waals surface area contributed by atoms with Gasteiger partial charge in [0.1, 0.15) is 5.75 Å². The largest absolute Gasteiger partial charge is 0.495 e. The van der Waals surface area contributed by atoms with Crippen molar-refractivity contribution in [1.82, 2.24) is 5.32 Å². The molecule has 0 bridgehead atoms. The Kier molecular flexibility index (Phi) is 4.54. The molecule has 1 aliphatic heterocycles. The zero-order valence-electron chi connectivity index (χ0n) is 11.3. The predicted molar refractivity (Wildman–Crippen MR) is 76.0 cm³/mol. The number of ether oxygens (including phenoxy) is 2. The Hall–Kier alpha value is -1.99. The lowest BCUT2D eigenvalue weighted by molar-refractivity contribution is -0.144. The van der Waals surface area contributed by atoms with Crippen LogP contribution in [0.15, 0.2) is 18.2 Å². The SMILES string of the molecule is COc1ccc(Cl)cc1NC(=O)NC1(C(=O)O)CCOC1. The molecule has 3 N–H and O–H groups in total. The molecule has 1 aromatic rings. The monoisotopic (exact) mass is 314 g/mol. The number of benzene rings is 1. The van der Waals surface area contributed by atoms with E-state index in [1.165, 1.54) is 13.2 Å². The molecule has 114 valence electrons. The number of halogens is 1. The number of hydrogen-bond acceptors (Lipinski definition) is 4. The van der Waals surface area contributed by atoms with Gasteiger partial charge in [-0.3, -0.25) is 0 Å². The number of methoxy groups -OCH3 is 1. The summed E-state index contributed by atoms with van der Waals surface area (Å²) in [6.07, 6.45) is 0.211. The molecular weight excluding hydrogens is 300 g/mol. The van der Waals surface area contributed by atoms with Crippen molar-refractivity contribution in [3.05, 3.63) is 23.2 Å². The van der Waals surface area contributed by atoms with Crippen LogP contribution in [0.2, 0.25) is 5.02 Å². The maximum atomic E-state index is 12.0. The lowest BCUT2D eigenvalue weighted by Crippen LogP contribution is -2.56. The quantitative estimate of drug-likeness (QED) is 0.786. The summed E-state index contributed by atoms with van der Waals surface area (Å²) < 4.78 is 10.2. The number of carbonyl (C=O) groups excluding carboxylic acids is 1. The molecule has 2 rings (SSSR count). The number of carboxylic acid groups (broad SMARTS) is 1. The lowest BCUT2D eigenvalue weighted by atomic mass is 9.99. The van der Waals surface area contributed by atoms with Crippen LogP contribution in [-0.2, 0) is 9.53 Å². The van der Waals surface area contributed by atoms with E-state index in [9.17, 15) is 14.7 Å². The van der Waals surface area contributed by atoms with E-state index in [0.29, 0.717) is 16.5 Å². The topological polar surface area (TPSA) is 96.9 Å². The Morgan fingerprint density at radius 2 is 2.24 bits per heavy atom.